The lowest BCUT2D eigenvalue weighted by Gasteiger charge is -2.33. The van der Waals surface area contributed by atoms with Gasteiger partial charge in [0.1, 0.15) is 11.6 Å². The molecule has 2 saturated heterocycles. The summed E-state index contributed by atoms with van der Waals surface area (Å²) >= 11 is 1.57. The van der Waals surface area contributed by atoms with Gasteiger partial charge in [0, 0.05) is 18.0 Å². The molecule has 5 atom stereocenters. The van der Waals surface area contributed by atoms with Gasteiger partial charge in [-0.15, -0.1) is 11.3 Å². The fourth-order valence-electron chi connectivity index (χ4n) is 5.85. The highest BCUT2D eigenvalue weighted by Gasteiger charge is 2.76. The molecular formula is C28H33N3O4S. The molecule has 8 heteroatoms. The summed E-state index contributed by atoms with van der Waals surface area (Å²) in [5, 5.41) is 8.00. The number of rotatable bonds is 9. The number of likely N-dealkylation sites (tertiary alicyclic amines) is 1. The third-order valence-electron chi connectivity index (χ3n) is 7.60. The highest BCUT2D eigenvalue weighted by Crippen LogP contribution is 2.59. The number of carbonyl (C=O) groups excluding carboxylic acids is 3. The van der Waals surface area contributed by atoms with Gasteiger partial charge in [-0.25, -0.2) is 0 Å². The number of nitrogens with zero attached hydrogens (tertiary/aromatic N) is 1. The average molecular weight is 508 g/mol. The standard InChI is InChI=1S/C28H33N3O4S/c1-18(2)11-14-31-23(25(33)29-16-19-8-5-4-6-9-19)28-13-12-27(3,35-28)21(22(28)26(31)34)24(32)30-17-20-10-7-15-36-20/h4-10,12-13,15,18,21-23H,11,14,16-17H2,1-3H3,(H,29,33)(H,30,32)/t21-,22+,23-,27+,28-/m0/s1. The van der Waals surface area contributed by atoms with Gasteiger partial charge in [0.15, 0.2) is 0 Å². The van der Waals surface area contributed by atoms with Gasteiger partial charge in [0.25, 0.3) is 0 Å². The predicted molar refractivity (Wildman–Crippen MR) is 138 cm³/mol. The van der Waals surface area contributed by atoms with Crippen molar-refractivity contribution < 1.29 is 19.1 Å². The Bertz CT molecular complexity index is 1160. The van der Waals surface area contributed by atoms with Crippen LogP contribution in [0.25, 0.3) is 0 Å². The molecule has 0 saturated carbocycles. The number of nitrogens with one attached hydrogen (secondary N) is 2. The number of thiophene rings is 1. The topological polar surface area (TPSA) is 87.7 Å². The van der Waals surface area contributed by atoms with Crippen molar-refractivity contribution in [1.82, 2.24) is 15.5 Å². The first-order valence-electron chi connectivity index (χ1n) is 12.6. The molecule has 3 amide bonds. The molecule has 2 aromatic rings. The summed E-state index contributed by atoms with van der Waals surface area (Å²) in [6, 6.07) is 12.8. The van der Waals surface area contributed by atoms with Crippen LogP contribution in [0, 0.1) is 17.8 Å². The van der Waals surface area contributed by atoms with Gasteiger partial charge in [0.2, 0.25) is 17.7 Å². The summed E-state index contributed by atoms with van der Waals surface area (Å²) in [5.41, 5.74) is -1.13. The number of ether oxygens (including phenoxy) is 1. The summed E-state index contributed by atoms with van der Waals surface area (Å²) in [7, 11) is 0. The van der Waals surface area contributed by atoms with Gasteiger partial charge in [-0.1, -0.05) is 62.4 Å². The highest BCUT2D eigenvalue weighted by atomic mass is 32.1. The molecule has 2 bridgehead atoms. The van der Waals surface area contributed by atoms with Crippen molar-refractivity contribution in [1.29, 1.82) is 0 Å². The van der Waals surface area contributed by atoms with Crippen molar-refractivity contribution in [2.45, 2.75) is 57.5 Å². The van der Waals surface area contributed by atoms with Gasteiger partial charge in [-0.3, -0.25) is 14.4 Å². The molecule has 5 rings (SSSR count). The van der Waals surface area contributed by atoms with E-state index in [0.717, 1.165) is 16.9 Å². The van der Waals surface area contributed by atoms with Gasteiger partial charge < -0.3 is 20.3 Å². The van der Waals surface area contributed by atoms with Crippen LogP contribution in [0.15, 0.2) is 60.0 Å². The molecule has 0 aliphatic carbocycles. The van der Waals surface area contributed by atoms with E-state index in [2.05, 4.69) is 24.5 Å². The number of amides is 3. The van der Waals surface area contributed by atoms with E-state index in [4.69, 9.17) is 4.74 Å². The molecule has 1 spiro atoms. The average Bonchev–Trinajstić information content (AvgIpc) is 3.60. The highest BCUT2D eigenvalue weighted by molar-refractivity contribution is 7.09. The van der Waals surface area contributed by atoms with E-state index < -0.39 is 29.1 Å². The van der Waals surface area contributed by atoms with Crippen LogP contribution in [-0.4, -0.2) is 46.4 Å². The van der Waals surface area contributed by atoms with Gasteiger partial charge in [-0.2, -0.15) is 0 Å². The van der Waals surface area contributed by atoms with Crippen LogP contribution in [-0.2, 0) is 32.2 Å². The molecule has 2 N–H and O–H groups in total. The Morgan fingerprint density at radius 1 is 1.06 bits per heavy atom. The zero-order valence-electron chi connectivity index (χ0n) is 20.9. The Morgan fingerprint density at radius 3 is 2.50 bits per heavy atom. The molecule has 1 aromatic carbocycles. The number of carbonyl (C=O) groups is 3. The maximum absolute atomic E-state index is 13.9. The van der Waals surface area contributed by atoms with Crippen molar-refractivity contribution in [2.24, 2.45) is 17.8 Å². The summed E-state index contributed by atoms with van der Waals surface area (Å²) in [6.45, 7) is 7.22. The Labute approximate surface area is 215 Å². The molecule has 0 unspecified atom stereocenters. The van der Waals surface area contributed by atoms with Crippen molar-refractivity contribution in [3.63, 3.8) is 0 Å². The minimum absolute atomic E-state index is 0.181. The molecule has 3 aliphatic rings. The number of hydrogen-bond donors (Lipinski definition) is 2. The summed E-state index contributed by atoms with van der Waals surface area (Å²) in [4.78, 5) is 43.8. The Morgan fingerprint density at radius 2 is 1.81 bits per heavy atom. The van der Waals surface area contributed by atoms with Crippen LogP contribution in [0.2, 0.25) is 0 Å². The van der Waals surface area contributed by atoms with Crippen LogP contribution in [0.1, 0.15) is 37.6 Å². The minimum Gasteiger partial charge on any atom is -0.356 e. The second-order valence-electron chi connectivity index (χ2n) is 10.5. The van der Waals surface area contributed by atoms with Gasteiger partial charge in [-0.05, 0) is 36.3 Å². The number of hydrogen-bond acceptors (Lipinski definition) is 5. The van der Waals surface area contributed by atoms with Gasteiger partial charge in [0.05, 0.1) is 24.0 Å². The van der Waals surface area contributed by atoms with E-state index in [-0.39, 0.29) is 17.7 Å². The first kappa shape index (κ1) is 24.7. The van der Waals surface area contributed by atoms with Crippen LogP contribution in [0.5, 0.6) is 0 Å². The Balaban J connectivity index is 1.43. The molecular weight excluding hydrogens is 474 g/mol. The largest absolute Gasteiger partial charge is 0.356 e. The summed E-state index contributed by atoms with van der Waals surface area (Å²) in [6.07, 6.45) is 4.49. The number of fused-ring (bicyclic) bond motifs is 1. The Hall–Kier alpha value is -2.97. The van der Waals surface area contributed by atoms with Crippen molar-refractivity contribution in [3.05, 3.63) is 70.4 Å². The second kappa shape index (κ2) is 9.48. The lowest BCUT2D eigenvalue weighted by Crippen LogP contribution is -2.54. The third kappa shape index (κ3) is 4.16. The van der Waals surface area contributed by atoms with Crippen LogP contribution in [0.4, 0.5) is 0 Å². The fourth-order valence-corrected chi connectivity index (χ4v) is 6.49. The molecule has 2 fully saturated rings. The number of benzene rings is 1. The summed E-state index contributed by atoms with van der Waals surface area (Å²) in [5.74, 6) is -1.74. The van der Waals surface area contributed by atoms with Crippen molar-refractivity contribution in [2.75, 3.05) is 6.54 Å². The molecule has 3 aliphatic heterocycles. The van der Waals surface area contributed by atoms with E-state index in [1.807, 2.05) is 66.9 Å². The minimum atomic E-state index is -1.16. The monoisotopic (exact) mass is 507 g/mol. The first-order chi connectivity index (χ1) is 17.2. The Kier molecular flexibility index (Phi) is 6.51. The van der Waals surface area contributed by atoms with E-state index in [0.29, 0.717) is 25.6 Å². The van der Waals surface area contributed by atoms with E-state index in [1.54, 1.807) is 16.2 Å². The molecule has 190 valence electrons. The normalized spacial score (nSPS) is 30.2. The van der Waals surface area contributed by atoms with Crippen LogP contribution < -0.4 is 10.6 Å². The van der Waals surface area contributed by atoms with Gasteiger partial charge >= 0.3 is 0 Å². The predicted octanol–water partition coefficient (Wildman–Crippen LogP) is 3.27. The molecule has 4 heterocycles. The molecule has 36 heavy (non-hydrogen) atoms. The maximum Gasteiger partial charge on any atom is 0.246 e. The molecule has 0 radical (unpaired) electrons. The van der Waals surface area contributed by atoms with Crippen LogP contribution >= 0.6 is 11.3 Å². The molecule has 1 aromatic heterocycles. The maximum atomic E-state index is 13.9. The van der Waals surface area contributed by atoms with Crippen LogP contribution in [0.3, 0.4) is 0 Å². The van der Waals surface area contributed by atoms with Crippen molar-refractivity contribution in [3.8, 4) is 0 Å². The third-order valence-corrected chi connectivity index (χ3v) is 8.48. The lowest BCUT2D eigenvalue weighted by molar-refractivity contribution is -0.145. The zero-order chi connectivity index (χ0) is 25.5. The SMILES string of the molecule is CC(C)CCN1C(=O)[C@H]2[C@@H](C(=O)NCc3cccs3)[C@@]3(C)C=C[C@@]2(O3)[C@@H]1C(=O)NCc1ccccc1. The second-order valence-corrected chi connectivity index (χ2v) is 11.6. The molecule has 7 nitrogen and oxygen atoms in total. The smallest absolute Gasteiger partial charge is 0.246 e. The van der Waals surface area contributed by atoms with E-state index in [1.165, 1.54) is 0 Å². The van der Waals surface area contributed by atoms with E-state index >= 15 is 0 Å². The van der Waals surface area contributed by atoms with Crippen molar-refractivity contribution >= 4 is 29.1 Å². The van der Waals surface area contributed by atoms with E-state index in [9.17, 15) is 14.4 Å². The quantitative estimate of drug-likeness (QED) is 0.510. The fraction of sp³-hybridized carbons (Fsp3) is 0.464. The first-order valence-corrected chi connectivity index (χ1v) is 13.5. The zero-order valence-corrected chi connectivity index (χ0v) is 21.7. The lowest BCUT2D eigenvalue weighted by atomic mass is 9.70. The summed E-state index contributed by atoms with van der Waals surface area (Å²) < 4.78 is 6.54.